The summed E-state index contributed by atoms with van der Waals surface area (Å²) >= 11 is 1.35. The highest BCUT2D eigenvalue weighted by Gasteiger charge is 2.24. The molecule has 1 heterocycles. The zero-order valence-corrected chi connectivity index (χ0v) is 17.4. The molecule has 0 radical (unpaired) electrons. The van der Waals surface area contributed by atoms with E-state index in [4.69, 9.17) is 5.26 Å². The van der Waals surface area contributed by atoms with Crippen LogP contribution in [0.15, 0.2) is 35.9 Å². The summed E-state index contributed by atoms with van der Waals surface area (Å²) < 4.78 is 0. The minimum Gasteiger partial charge on any atom is -0.349 e. The van der Waals surface area contributed by atoms with Gasteiger partial charge in [0.2, 0.25) is 11.8 Å². The van der Waals surface area contributed by atoms with Gasteiger partial charge in [-0.1, -0.05) is 30.7 Å². The van der Waals surface area contributed by atoms with Crippen molar-refractivity contribution in [3.63, 3.8) is 0 Å². The normalized spacial score (nSPS) is 16.4. The molecular formula is C21H28N4O2S. The van der Waals surface area contributed by atoms with Gasteiger partial charge in [-0.15, -0.1) is 11.3 Å². The molecule has 3 N–H and O–H groups in total. The Morgan fingerprint density at radius 1 is 1.29 bits per heavy atom. The number of hydrogen-bond acceptors (Lipinski definition) is 5. The maximum absolute atomic E-state index is 12.6. The molecule has 6 nitrogen and oxygen atoms in total. The van der Waals surface area contributed by atoms with Crippen molar-refractivity contribution in [2.24, 2.45) is 5.92 Å². The highest BCUT2D eigenvalue weighted by molar-refractivity contribution is 7.12. The molecule has 0 aromatic carbocycles. The summed E-state index contributed by atoms with van der Waals surface area (Å²) in [7, 11) is 1.76. The fourth-order valence-corrected chi connectivity index (χ4v) is 3.88. The quantitative estimate of drug-likeness (QED) is 0.594. The van der Waals surface area contributed by atoms with E-state index in [1.807, 2.05) is 6.07 Å². The van der Waals surface area contributed by atoms with E-state index in [2.05, 4.69) is 47.2 Å². The molecule has 1 aromatic rings. The summed E-state index contributed by atoms with van der Waals surface area (Å²) in [6, 6.07) is 4.64. The van der Waals surface area contributed by atoms with Gasteiger partial charge in [0.15, 0.2) is 0 Å². The lowest BCUT2D eigenvalue weighted by Gasteiger charge is -2.24. The van der Waals surface area contributed by atoms with E-state index in [-0.39, 0.29) is 17.9 Å². The van der Waals surface area contributed by atoms with Crippen LogP contribution < -0.4 is 16.0 Å². The number of carbonyl (C=O) groups is 2. The molecule has 0 fully saturated rings. The first kappa shape index (κ1) is 21.9. The van der Waals surface area contributed by atoms with Gasteiger partial charge >= 0.3 is 0 Å². The van der Waals surface area contributed by atoms with Gasteiger partial charge < -0.3 is 16.0 Å². The highest BCUT2D eigenvalue weighted by Crippen LogP contribution is 2.24. The zero-order valence-electron chi connectivity index (χ0n) is 16.6. The van der Waals surface area contributed by atoms with Gasteiger partial charge in [0.05, 0.1) is 12.6 Å². The highest BCUT2D eigenvalue weighted by atomic mass is 32.1. The van der Waals surface area contributed by atoms with Crippen molar-refractivity contribution < 1.29 is 9.59 Å². The van der Waals surface area contributed by atoms with Crippen molar-refractivity contribution in [3.8, 4) is 6.07 Å². The second-order valence-electron chi connectivity index (χ2n) is 7.01. The van der Waals surface area contributed by atoms with E-state index in [9.17, 15) is 9.59 Å². The molecule has 2 amide bonds. The first-order valence-corrected chi connectivity index (χ1v) is 10.4. The Morgan fingerprint density at radius 3 is 2.68 bits per heavy atom. The van der Waals surface area contributed by atoms with Crippen molar-refractivity contribution in [1.29, 1.82) is 5.26 Å². The number of nitrogens with zero attached hydrogens (tertiary/aromatic N) is 1. The monoisotopic (exact) mass is 400 g/mol. The summed E-state index contributed by atoms with van der Waals surface area (Å²) in [5.74, 6) is -0.124. The van der Waals surface area contributed by atoms with Crippen molar-refractivity contribution in [2.45, 2.75) is 51.7 Å². The Hall–Kier alpha value is -2.43. The fourth-order valence-electron chi connectivity index (χ4n) is 3.13. The molecule has 1 aliphatic rings. The number of hydrogen-bond donors (Lipinski definition) is 3. The number of allylic oxidation sites excluding steroid dienone is 4. The second kappa shape index (κ2) is 10.8. The first-order chi connectivity index (χ1) is 13.4. The SMILES string of the molecule is CN[C@H](C[C@H](C)C1=CC=CCC1)C(=O)N[C@@H](C)C(=O)NCc1ccc(C#N)s1. The van der Waals surface area contributed by atoms with Gasteiger partial charge in [0.1, 0.15) is 17.0 Å². The summed E-state index contributed by atoms with van der Waals surface area (Å²) in [4.78, 5) is 26.4. The average molecular weight is 401 g/mol. The summed E-state index contributed by atoms with van der Waals surface area (Å²) in [5.41, 5.74) is 1.36. The number of nitrogens with one attached hydrogen (secondary N) is 3. The van der Waals surface area contributed by atoms with Crippen LogP contribution in [0.1, 0.15) is 42.9 Å². The van der Waals surface area contributed by atoms with Crippen LogP contribution in [-0.2, 0) is 16.1 Å². The van der Waals surface area contributed by atoms with Crippen LogP contribution in [0.25, 0.3) is 0 Å². The van der Waals surface area contributed by atoms with Crippen molar-refractivity contribution in [3.05, 3.63) is 45.7 Å². The maximum Gasteiger partial charge on any atom is 0.242 e. The molecule has 0 saturated carbocycles. The molecule has 0 saturated heterocycles. The molecular weight excluding hydrogens is 372 g/mol. The lowest BCUT2D eigenvalue weighted by Crippen LogP contribution is -2.51. The van der Waals surface area contributed by atoms with Crippen molar-refractivity contribution >= 4 is 23.2 Å². The molecule has 0 unspecified atom stereocenters. The van der Waals surface area contributed by atoms with Gasteiger partial charge in [-0.25, -0.2) is 0 Å². The molecule has 2 rings (SSSR count). The minimum atomic E-state index is -0.633. The third-order valence-electron chi connectivity index (χ3n) is 4.89. The molecule has 1 aromatic heterocycles. The summed E-state index contributed by atoms with van der Waals surface area (Å²) in [6.07, 6.45) is 9.12. The van der Waals surface area contributed by atoms with Crippen LogP contribution in [0, 0.1) is 17.2 Å². The van der Waals surface area contributed by atoms with Crippen LogP contribution in [-0.4, -0.2) is 30.9 Å². The van der Waals surface area contributed by atoms with E-state index in [0.717, 1.165) is 17.7 Å². The number of carbonyl (C=O) groups excluding carboxylic acids is 2. The van der Waals surface area contributed by atoms with E-state index in [1.165, 1.54) is 16.9 Å². The lowest BCUT2D eigenvalue weighted by atomic mass is 9.88. The summed E-state index contributed by atoms with van der Waals surface area (Å²) in [5, 5.41) is 17.5. The molecule has 1 aliphatic carbocycles. The molecule has 7 heteroatoms. The number of likely N-dealkylation sites (N-methyl/N-ethyl adjacent to an activating group) is 1. The largest absolute Gasteiger partial charge is 0.349 e. The van der Waals surface area contributed by atoms with E-state index in [0.29, 0.717) is 23.8 Å². The van der Waals surface area contributed by atoms with Crippen molar-refractivity contribution in [2.75, 3.05) is 7.05 Å². The standard InChI is InChI=1S/C21H28N4O2S/c1-14(16-7-5-4-6-8-16)11-19(23-3)21(27)25-15(2)20(26)24-13-18-10-9-17(12-22)28-18/h4-5,7,9-10,14-15,19,23H,6,8,11,13H2,1-3H3,(H,24,26)(H,25,27)/t14-,15-,19+/m0/s1. The topological polar surface area (TPSA) is 94.0 Å². The van der Waals surface area contributed by atoms with Gasteiger partial charge in [-0.3, -0.25) is 9.59 Å². The minimum absolute atomic E-state index is 0.174. The van der Waals surface area contributed by atoms with E-state index in [1.54, 1.807) is 20.0 Å². The predicted molar refractivity (Wildman–Crippen MR) is 112 cm³/mol. The second-order valence-corrected chi connectivity index (χ2v) is 8.18. The molecule has 28 heavy (non-hydrogen) atoms. The van der Waals surface area contributed by atoms with Crippen LogP contribution >= 0.6 is 11.3 Å². The predicted octanol–water partition coefficient (Wildman–Crippen LogP) is 2.63. The van der Waals surface area contributed by atoms with Crippen LogP contribution in [0.2, 0.25) is 0 Å². The van der Waals surface area contributed by atoms with Crippen LogP contribution in [0.3, 0.4) is 0 Å². The molecule has 0 bridgehead atoms. The number of amides is 2. The third kappa shape index (κ3) is 6.32. The third-order valence-corrected chi connectivity index (χ3v) is 5.88. The van der Waals surface area contributed by atoms with Crippen LogP contribution in [0.4, 0.5) is 0 Å². The smallest absolute Gasteiger partial charge is 0.242 e. The maximum atomic E-state index is 12.6. The Kier molecular flexibility index (Phi) is 8.42. The fraction of sp³-hybridized carbons (Fsp3) is 0.476. The number of rotatable bonds is 9. The molecule has 3 atom stereocenters. The van der Waals surface area contributed by atoms with Gasteiger partial charge in [0, 0.05) is 4.88 Å². The van der Waals surface area contributed by atoms with E-state index < -0.39 is 6.04 Å². The van der Waals surface area contributed by atoms with E-state index >= 15 is 0 Å². The van der Waals surface area contributed by atoms with Gasteiger partial charge in [0.25, 0.3) is 0 Å². The zero-order chi connectivity index (χ0) is 20.5. The Balaban J connectivity index is 1.82. The number of thiophene rings is 1. The number of nitriles is 1. The molecule has 0 spiro atoms. The molecule has 150 valence electrons. The molecule has 0 aliphatic heterocycles. The average Bonchev–Trinajstić information content (AvgIpc) is 3.18. The Bertz CT molecular complexity index is 791. The van der Waals surface area contributed by atoms with Crippen molar-refractivity contribution in [1.82, 2.24) is 16.0 Å². The first-order valence-electron chi connectivity index (χ1n) is 9.54. The van der Waals surface area contributed by atoms with Crippen LogP contribution in [0.5, 0.6) is 0 Å². The Morgan fingerprint density at radius 2 is 2.07 bits per heavy atom. The Labute approximate surface area is 170 Å². The summed E-state index contributed by atoms with van der Waals surface area (Å²) in [6.45, 7) is 4.15. The van der Waals surface area contributed by atoms with Gasteiger partial charge in [-0.2, -0.15) is 5.26 Å². The van der Waals surface area contributed by atoms with Gasteiger partial charge in [-0.05, 0) is 51.3 Å². The lowest BCUT2D eigenvalue weighted by molar-refractivity contribution is -0.129.